The molecule has 7 heteroatoms. The van der Waals surface area contributed by atoms with Gasteiger partial charge in [-0.15, -0.1) is 0 Å². The molecule has 0 spiro atoms. The minimum absolute atomic E-state index is 0.126. The van der Waals surface area contributed by atoms with Gasteiger partial charge >= 0.3 is 0 Å². The number of nitrogens with zero attached hydrogens (tertiary/aromatic N) is 5. The molecular weight excluding hydrogens is 352 g/mol. The van der Waals surface area contributed by atoms with Gasteiger partial charge in [0.1, 0.15) is 12.1 Å². The predicted molar refractivity (Wildman–Crippen MR) is 108 cm³/mol. The molecule has 0 saturated carbocycles. The highest BCUT2D eigenvalue weighted by molar-refractivity contribution is 5.80. The van der Waals surface area contributed by atoms with Crippen molar-refractivity contribution in [1.29, 1.82) is 0 Å². The molecule has 0 atom stereocenters. The highest BCUT2D eigenvalue weighted by atomic mass is 16.2. The molecule has 1 fully saturated rings. The molecule has 0 aliphatic carbocycles. The number of benzene rings is 1. The predicted octanol–water partition coefficient (Wildman–Crippen LogP) is 2.58. The van der Waals surface area contributed by atoms with Gasteiger partial charge in [0.2, 0.25) is 5.91 Å². The molecule has 0 bridgehead atoms. The van der Waals surface area contributed by atoms with Crippen molar-refractivity contribution < 1.29 is 4.79 Å². The summed E-state index contributed by atoms with van der Waals surface area (Å²) in [7, 11) is 0. The van der Waals surface area contributed by atoms with E-state index in [0.29, 0.717) is 11.7 Å². The largest absolute Gasteiger partial charge is 0.361 e. The summed E-state index contributed by atoms with van der Waals surface area (Å²) in [4.78, 5) is 23.2. The topological polar surface area (TPSA) is 75.4 Å². The number of carbonyl (C=O) groups excluding carboxylic acids is 1. The van der Waals surface area contributed by atoms with Crippen LogP contribution < -0.4 is 5.32 Å². The van der Waals surface area contributed by atoms with Crippen LogP contribution in [0, 0.1) is 5.92 Å². The van der Waals surface area contributed by atoms with Crippen LogP contribution >= 0.6 is 0 Å². The molecule has 1 aromatic carbocycles. The molecule has 1 aliphatic heterocycles. The van der Waals surface area contributed by atoms with E-state index < -0.39 is 0 Å². The number of hydrogen-bond acceptors (Lipinski definition) is 5. The Labute approximate surface area is 164 Å². The summed E-state index contributed by atoms with van der Waals surface area (Å²) in [5.74, 6) is 2.09. The number of anilines is 1. The molecule has 7 nitrogen and oxygen atoms in total. The van der Waals surface area contributed by atoms with Crippen LogP contribution in [0.25, 0.3) is 5.78 Å². The minimum atomic E-state index is 0.126. The number of carbonyl (C=O) groups is 1. The average molecular weight is 378 g/mol. The summed E-state index contributed by atoms with van der Waals surface area (Å²) >= 11 is 0. The maximum absolute atomic E-state index is 12.7. The van der Waals surface area contributed by atoms with Gasteiger partial charge in [0.25, 0.3) is 5.78 Å². The Bertz CT molecular complexity index is 930. The molecule has 28 heavy (non-hydrogen) atoms. The highest BCUT2D eigenvalue weighted by Gasteiger charge is 2.23. The van der Waals surface area contributed by atoms with Gasteiger partial charge in [-0.2, -0.15) is 14.6 Å². The number of amides is 1. The number of rotatable bonds is 6. The van der Waals surface area contributed by atoms with Gasteiger partial charge in [-0.05, 0) is 37.2 Å². The molecule has 2 aromatic heterocycles. The van der Waals surface area contributed by atoms with Crippen molar-refractivity contribution in [2.75, 3.05) is 25.0 Å². The zero-order valence-corrected chi connectivity index (χ0v) is 16.2. The third-order valence-electron chi connectivity index (χ3n) is 5.42. The molecule has 146 valence electrons. The molecule has 1 saturated heterocycles. The zero-order chi connectivity index (χ0) is 19.3. The number of likely N-dealkylation sites (tertiary alicyclic amines) is 1. The van der Waals surface area contributed by atoms with Crippen molar-refractivity contribution in [3.05, 3.63) is 54.0 Å². The maximum Gasteiger partial charge on any atom is 0.254 e. The standard InChI is InChI=1S/C21H26N6O/c1-2-18-13-19(27-21(25-18)23-15-24-27)22-14-20(28)26-10-8-17(9-11-26)12-16-6-4-3-5-7-16/h3-7,13,15,17,22H,2,8-12,14H2,1H3. The van der Waals surface area contributed by atoms with E-state index in [-0.39, 0.29) is 12.5 Å². The van der Waals surface area contributed by atoms with E-state index in [1.807, 2.05) is 17.9 Å². The summed E-state index contributed by atoms with van der Waals surface area (Å²) in [6.45, 7) is 3.95. The van der Waals surface area contributed by atoms with Crippen LogP contribution in [-0.4, -0.2) is 50.0 Å². The van der Waals surface area contributed by atoms with E-state index in [0.717, 1.165) is 50.3 Å². The van der Waals surface area contributed by atoms with E-state index in [2.05, 4.69) is 50.7 Å². The molecule has 0 unspecified atom stereocenters. The lowest BCUT2D eigenvalue weighted by molar-refractivity contribution is -0.130. The zero-order valence-electron chi connectivity index (χ0n) is 16.2. The monoisotopic (exact) mass is 378 g/mol. The van der Waals surface area contributed by atoms with Crippen molar-refractivity contribution in [3.8, 4) is 0 Å². The second kappa shape index (κ2) is 8.37. The smallest absolute Gasteiger partial charge is 0.254 e. The lowest BCUT2D eigenvalue weighted by Crippen LogP contribution is -2.41. The van der Waals surface area contributed by atoms with Gasteiger partial charge < -0.3 is 10.2 Å². The normalized spacial score (nSPS) is 15.1. The Morgan fingerprint density at radius 3 is 2.75 bits per heavy atom. The summed E-state index contributed by atoms with van der Waals surface area (Å²) in [6.07, 6.45) is 5.50. The Hall–Kier alpha value is -2.96. The first-order valence-corrected chi connectivity index (χ1v) is 9.98. The van der Waals surface area contributed by atoms with Crippen molar-refractivity contribution in [1.82, 2.24) is 24.5 Å². The maximum atomic E-state index is 12.7. The number of fused-ring (bicyclic) bond motifs is 1. The molecule has 3 heterocycles. The first kappa shape index (κ1) is 18.4. The van der Waals surface area contributed by atoms with E-state index in [1.165, 1.54) is 11.9 Å². The van der Waals surface area contributed by atoms with E-state index >= 15 is 0 Å². The summed E-state index contributed by atoms with van der Waals surface area (Å²) in [5.41, 5.74) is 2.31. The van der Waals surface area contributed by atoms with Crippen molar-refractivity contribution >= 4 is 17.5 Å². The van der Waals surface area contributed by atoms with Gasteiger partial charge in [-0.3, -0.25) is 4.79 Å². The fourth-order valence-corrected chi connectivity index (χ4v) is 3.78. The first-order chi connectivity index (χ1) is 13.7. The summed E-state index contributed by atoms with van der Waals surface area (Å²) in [5, 5.41) is 7.42. The van der Waals surface area contributed by atoms with Gasteiger partial charge in [0, 0.05) is 24.8 Å². The van der Waals surface area contributed by atoms with Gasteiger partial charge in [-0.1, -0.05) is 37.3 Å². The summed E-state index contributed by atoms with van der Waals surface area (Å²) in [6, 6.07) is 12.5. The molecular formula is C21H26N6O. The summed E-state index contributed by atoms with van der Waals surface area (Å²) < 4.78 is 1.64. The molecule has 1 amide bonds. The van der Waals surface area contributed by atoms with Crippen molar-refractivity contribution in [2.45, 2.75) is 32.6 Å². The minimum Gasteiger partial charge on any atom is -0.361 e. The van der Waals surface area contributed by atoms with Crippen LogP contribution in [-0.2, 0) is 17.6 Å². The third kappa shape index (κ3) is 4.13. The van der Waals surface area contributed by atoms with Crippen LogP contribution in [0.15, 0.2) is 42.7 Å². The third-order valence-corrected chi connectivity index (χ3v) is 5.42. The molecule has 1 aliphatic rings. The van der Waals surface area contributed by atoms with E-state index in [9.17, 15) is 4.79 Å². The SMILES string of the molecule is CCc1cc(NCC(=O)N2CCC(Cc3ccccc3)CC2)n2ncnc2n1. The Morgan fingerprint density at radius 2 is 2.00 bits per heavy atom. The van der Waals surface area contributed by atoms with Crippen LogP contribution in [0.3, 0.4) is 0 Å². The van der Waals surface area contributed by atoms with E-state index in [4.69, 9.17) is 0 Å². The fraction of sp³-hybridized carbons (Fsp3) is 0.429. The van der Waals surface area contributed by atoms with Crippen LogP contribution in [0.2, 0.25) is 0 Å². The van der Waals surface area contributed by atoms with Gasteiger partial charge in [0.15, 0.2) is 0 Å². The Kier molecular flexibility index (Phi) is 5.50. The second-order valence-electron chi connectivity index (χ2n) is 7.33. The van der Waals surface area contributed by atoms with Crippen LogP contribution in [0.5, 0.6) is 0 Å². The van der Waals surface area contributed by atoms with Crippen molar-refractivity contribution in [2.24, 2.45) is 5.92 Å². The quantitative estimate of drug-likeness (QED) is 0.714. The number of aromatic nitrogens is 4. The first-order valence-electron chi connectivity index (χ1n) is 9.98. The number of piperidine rings is 1. The van der Waals surface area contributed by atoms with Crippen LogP contribution in [0.1, 0.15) is 31.0 Å². The van der Waals surface area contributed by atoms with Crippen molar-refractivity contribution in [3.63, 3.8) is 0 Å². The van der Waals surface area contributed by atoms with Crippen LogP contribution in [0.4, 0.5) is 5.82 Å². The van der Waals surface area contributed by atoms with Gasteiger partial charge in [-0.25, -0.2) is 4.98 Å². The average Bonchev–Trinajstić information content (AvgIpc) is 3.22. The molecule has 0 radical (unpaired) electrons. The second-order valence-corrected chi connectivity index (χ2v) is 7.33. The number of aryl methyl sites for hydroxylation is 1. The fourth-order valence-electron chi connectivity index (χ4n) is 3.78. The molecule has 1 N–H and O–H groups in total. The Morgan fingerprint density at radius 1 is 1.21 bits per heavy atom. The lowest BCUT2D eigenvalue weighted by atomic mass is 9.90. The Balaban J connectivity index is 1.31. The van der Waals surface area contributed by atoms with Gasteiger partial charge in [0.05, 0.1) is 6.54 Å². The number of nitrogens with one attached hydrogen (secondary N) is 1. The molecule has 3 aromatic rings. The molecule has 4 rings (SSSR count). The highest BCUT2D eigenvalue weighted by Crippen LogP contribution is 2.22. The number of hydrogen-bond donors (Lipinski definition) is 1. The van der Waals surface area contributed by atoms with E-state index in [1.54, 1.807) is 4.52 Å². The lowest BCUT2D eigenvalue weighted by Gasteiger charge is -2.32.